The highest BCUT2D eigenvalue weighted by atomic mass is 32.2. The standard InChI is InChI=1S/C11H17N3O4S/c1-7(2)10(11(15)16)13-19(17,18)9-6-12-8-4-3-5-14(8)9/h6-7,10,13H,3-5H2,1-2H3,(H,15,16)/t10-/m1/s1. The maximum absolute atomic E-state index is 12.2. The lowest BCUT2D eigenvalue weighted by Gasteiger charge is -2.18. The fraction of sp³-hybridized carbons (Fsp3) is 0.636. The molecule has 2 rings (SSSR count). The molecule has 0 amide bonds. The summed E-state index contributed by atoms with van der Waals surface area (Å²) in [5.41, 5.74) is 0. The molecule has 1 aromatic heterocycles. The van der Waals surface area contributed by atoms with Crippen LogP contribution < -0.4 is 4.72 Å². The van der Waals surface area contributed by atoms with Gasteiger partial charge in [0.25, 0.3) is 10.0 Å². The molecule has 1 aromatic rings. The Kier molecular flexibility index (Phi) is 3.64. The average Bonchev–Trinajstić information content (AvgIpc) is 2.85. The first-order chi connectivity index (χ1) is 8.83. The summed E-state index contributed by atoms with van der Waals surface area (Å²) in [7, 11) is -3.86. The Morgan fingerprint density at radius 1 is 1.53 bits per heavy atom. The Bertz CT molecular complexity index is 591. The summed E-state index contributed by atoms with van der Waals surface area (Å²) in [5, 5.41) is 9.10. The molecule has 0 unspecified atom stereocenters. The molecule has 0 saturated heterocycles. The Morgan fingerprint density at radius 2 is 2.21 bits per heavy atom. The highest BCUT2D eigenvalue weighted by Crippen LogP contribution is 2.20. The number of imidazole rings is 1. The summed E-state index contributed by atoms with van der Waals surface area (Å²) >= 11 is 0. The lowest BCUT2D eigenvalue weighted by atomic mass is 10.1. The predicted molar refractivity (Wildman–Crippen MR) is 67.1 cm³/mol. The number of fused-ring (bicyclic) bond motifs is 1. The van der Waals surface area contributed by atoms with Crippen molar-refractivity contribution in [3.8, 4) is 0 Å². The molecule has 106 valence electrons. The van der Waals surface area contributed by atoms with Crippen LogP contribution in [-0.4, -0.2) is 35.1 Å². The summed E-state index contributed by atoms with van der Waals surface area (Å²) in [6.07, 6.45) is 2.90. The minimum Gasteiger partial charge on any atom is -0.480 e. The van der Waals surface area contributed by atoms with Crippen LogP contribution in [0.25, 0.3) is 0 Å². The third kappa shape index (κ3) is 2.64. The second kappa shape index (κ2) is 4.93. The SMILES string of the molecule is CC(C)[C@@H](NS(=O)(=O)c1cnc2n1CCC2)C(=O)O. The second-order valence-corrected chi connectivity index (χ2v) is 6.61. The van der Waals surface area contributed by atoms with E-state index in [2.05, 4.69) is 9.71 Å². The van der Waals surface area contributed by atoms with Gasteiger partial charge in [0.05, 0.1) is 6.20 Å². The first-order valence-corrected chi connectivity index (χ1v) is 7.61. The molecule has 2 N–H and O–H groups in total. The van der Waals surface area contributed by atoms with Crippen molar-refractivity contribution in [3.05, 3.63) is 12.0 Å². The number of carboxylic acids is 1. The first-order valence-electron chi connectivity index (χ1n) is 6.12. The fourth-order valence-electron chi connectivity index (χ4n) is 2.14. The van der Waals surface area contributed by atoms with Gasteiger partial charge in [-0.2, -0.15) is 4.72 Å². The smallest absolute Gasteiger partial charge is 0.322 e. The molecule has 0 radical (unpaired) electrons. The largest absolute Gasteiger partial charge is 0.480 e. The highest BCUT2D eigenvalue weighted by Gasteiger charge is 2.31. The lowest BCUT2D eigenvalue weighted by molar-refractivity contribution is -0.140. The number of carboxylic acid groups (broad SMARTS) is 1. The van der Waals surface area contributed by atoms with E-state index in [1.54, 1.807) is 18.4 Å². The van der Waals surface area contributed by atoms with E-state index >= 15 is 0 Å². The van der Waals surface area contributed by atoms with Crippen LogP contribution in [0.15, 0.2) is 11.2 Å². The normalized spacial score (nSPS) is 16.6. The highest BCUT2D eigenvalue weighted by molar-refractivity contribution is 7.89. The van der Waals surface area contributed by atoms with Crippen LogP contribution in [-0.2, 0) is 27.8 Å². The number of rotatable bonds is 5. The summed E-state index contributed by atoms with van der Waals surface area (Å²) in [6.45, 7) is 3.91. The number of aromatic nitrogens is 2. The van der Waals surface area contributed by atoms with Crippen molar-refractivity contribution in [1.29, 1.82) is 0 Å². The van der Waals surface area contributed by atoms with Gasteiger partial charge >= 0.3 is 5.97 Å². The number of nitrogens with one attached hydrogen (secondary N) is 1. The summed E-state index contributed by atoms with van der Waals surface area (Å²) in [4.78, 5) is 15.1. The van der Waals surface area contributed by atoms with E-state index in [0.29, 0.717) is 6.54 Å². The van der Waals surface area contributed by atoms with Crippen LogP contribution in [0, 0.1) is 5.92 Å². The molecule has 0 aromatic carbocycles. The second-order valence-electron chi connectivity index (χ2n) is 4.95. The van der Waals surface area contributed by atoms with Crippen LogP contribution in [0.1, 0.15) is 26.1 Å². The van der Waals surface area contributed by atoms with Gasteiger partial charge in [-0.3, -0.25) is 4.79 Å². The van der Waals surface area contributed by atoms with E-state index < -0.39 is 22.0 Å². The Labute approximate surface area is 111 Å². The van der Waals surface area contributed by atoms with E-state index in [1.807, 2.05) is 0 Å². The molecule has 8 heteroatoms. The number of hydrogen-bond donors (Lipinski definition) is 2. The van der Waals surface area contributed by atoms with Crippen molar-refractivity contribution < 1.29 is 18.3 Å². The van der Waals surface area contributed by atoms with Gasteiger partial charge in [-0.15, -0.1) is 0 Å². The third-order valence-electron chi connectivity index (χ3n) is 3.17. The zero-order valence-corrected chi connectivity index (χ0v) is 11.6. The van der Waals surface area contributed by atoms with Crippen LogP contribution >= 0.6 is 0 Å². The Hall–Kier alpha value is -1.41. The quantitative estimate of drug-likeness (QED) is 0.806. The van der Waals surface area contributed by atoms with Gasteiger partial charge in [-0.1, -0.05) is 13.8 Å². The van der Waals surface area contributed by atoms with E-state index in [0.717, 1.165) is 18.7 Å². The number of hydrogen-bond acceptors (Lipinski definition) is 4. The summed E-state index contributed by atoms with van der Waals surface area (Å²) in [6, 6.07) is -1.14. The molecule has 0 saturated carbocycles. The molecular weight excluding hydrogens is 270 g/mol. The van der Waals surface area contributed by atoms with Gasteiger partial charge in [0.15, 0.2) is 5.03 Å². The van der Waals surface area contributed by atoms with E-state index in [1.165, 1.54) is 6.20 Å². The van der Waals surface area contributed by atoms with Crippen molar-refractivity contribution in [2.24, 2.45) is 5.92 Å². The molecule has 0 bridgehead atoms. The van der Waals surface area contributed by atoms with Crippen molar-refractivity contribution in [2.75, 3.05) is 0 Å². The van der Waals surface area contributed by atoms with Crippen LogP contribution in [0.2, 0.25) is 0 Å². The molecule has 1 atom stereocenters. The Morgan fingerprint density at radius 3 is 2.79 bits per heavy atom. The minimum absolute atomic E-state index is 0.0481. The molecule has 0 aliphatic carbocycles. The molecule has 7 nitrogen and oxygen atoms in total. The van der Waals surface area contributed by atoms with Gasteiger partial charge in [0.2, 0.25) is 0 Å². The lowest BCUT2D eigenvalue weighted by Crippen LogP contribution is -2.44. The molecular formula is C11H17N3O4S. The number of aliphatic carboxylic acids is 1. The number of sulfonamides is 1. The fourth-order valence-corrected chi connectivity index (χ4v) is 3.65. The average molecular weight is 287 g/mol. The summed E-state index contributed by atoms with van der Waals surface area (Å²) < 4.78 is 28.3. The number of carbonyl (C=O) groups is 1. The van der Waals surface area contributed by atoms with Gasteiger partial charge < -0.3 is 9.67 Å². The van der Waals surface area contributed by atoms with E-state index in [9.17, 15) is 13.2 Å². The summed E-state index contributed by atoms with van der Waals surface area (Å²) in [5.74, 6) is -0.787. The van der Waals surface area contributed by atoms with Crippen LogP contribution in [0.4, 0.5) is 0 Å². The van der Waals surface area contributed by atoms with Crippen molar-refractivity contribution in [1.82, 2.24) is 14.3 Å². The molecule has 0 spiro atoms. The number of nitrogens with zero attached hydrogens (tertiary/aromatic N) is 2. The first kappa shape index (κ1) is 14.0. The van der Waals surface area contributed by atoms with Gasteiger partial charge in [-0.05, 0) is 12.3 Å². The maximum Gasteiger partial charge on any atom is 0.322 e. The monoisotopic (exact) mass is 287 g/mol. The zero-order chi connectivity index (χ0) is 14.2. The molecule has 19 heavy (non-hydrogen) atoms. The van der Waals surface area contributed by atoms with Crippen molar-refractivity contribution in [2.45, 2.75) is 44.3 Å². The molecule has 1 aliphatic rings. The number of aryl methyl sites for hydroxylation is 1. The van der Waals surface area contributed by atoms with Gasteiger partial charge in [-0.25, -0.2) is 13.4 Å². The maximum atomic E-state index is 12.2. The van der Waals surface area contributed by atoms with E-state index in [4.69, 9.17) is 5.11 Å². The predicted octanol–water partition coefficient (Wildman–Crippen LogP) is 0.217. The van der Waals surface area contributed by atoms with Gasteiger partial charge in [0.1, 0.15) is 11.9 Å². The third-order valence-corrected chi connectivity index (χ3v) is 4.61. The van der Waals surface area contributed by atoms with Crippen molar-refractivity contribution in [3.63, 3.8) is 0 Å². The minimum atomic E-state index is -3.86. The molecule has 2 heterocycles. The van der Waals surface area contributed by atoms with Crippen LogP contribution in [0.3, 0.4) is 0 Å². The Balaban J connectivity index is 2.30. The topological polar surface area (TPSA) is 101 Å². The molecule has 1 aliphatic heterocycles. The van der Waals surface area contributed by atoms with Crippen molar-refractivity contribution >= 4 is 16.0 Å². The van der Waals surface area contributed by atoms with E-state index in [-0.39, 0.29) is 10.9 Å². The molecule has 0 fully saturated rings. The van der Waals surface area contributed by atoms with Crippen LogP contribution in [0.5, 0.6) is 0 Å². The zero-order valence-electron chi connectivity index (χ0n) is 10.8. The van der Waals surface area contributed by atoms with Gasteiger partial charge in [0, 0.05) is 13.0 Å².